The smallest absolute Gasteiger partial charge is 0.410 e. The summed E-state index contributed by atoms with van der Waals surface area (Å²) in [6.07, 6.45) is 40.6. The minimum atomic E-state index is -3.19. The number of aromatic amines is 1. The van der Waals surface area contributed by atoms with Crippen molar-refractivity contribution in [3.8, 4) is 45.0 Å². The number of aromatic nitrogens is 24. The zero-order chi connectivity index (χ0) is 84.3. The van der Waals surface area contributed by atoms with Crippen LogP contribution in [0.25, 0.3) is 45.0 Å². The first-order valence-corrected chi connectivity index (χ1v) is 43.3. The van der Waals surface area contributed by atoms with Gasteiger partial charge in [-0.25, -0.2) is 66.3 Å². The molecular formula is C75H99BrClN31O8S2. The van der Waals surface area contributed by atoms with Crippen molar-refractivity contribution < 1.29 is 35.9 Å². The van der Waals surface area contributed by atoms with E-state index in [0.717, 1.165) is 120 Å². The second-order valence-electron chi connectivity index (χ2n) is 30.0. The number of sulfone groups is 1. The summed E-state index contributed by atoms with van der Waals surface area (Å²) in [4.78, 5) is 62.7. The van der Waals surface area contributed by atoms with Gasteiger partial charge in [-0.1, -0.05) is 29.8 Å². The number of likely N-dealkylation sites (tertiary alicyclic amines) is 2. The molecule has 15 heterocycles. The van der Waals surface area contributed by atoms with Gasteiger partial charge in [-0.3, -0.25) is 37.9 Å². The molecule has 0 spiro atoms. The molecular weight excluding hydrogens is 1640 g/mol. The van der Waals surface area contributed by atoms with Gasteiger partial charge in [0.05, 0.1) is 124 Å². The highest BCUT2D eigenvalue weighted by atomic mass is 79.9. The van der Waals surface area contributed by atoms with E-state index in [1.54, 1.807) is 110 Å². The molecule has 12 aromatic heterocycles. The van der Waals surface area contributed by atoms with Crippen LogP contribution in [0.1, 0.15) is 112 Å². The molecule has 6 N–H and O–H groups in total. The predicted molar refractivity (Wildman–Crippen MR) is 450 cm³/mol. The molecule has 3 aliphatic heterocycles. The Hall–Kier alpha value is -11.6. The zero-order valence-corrected chi connectivity index (χ0v) is 71.6. The summed E-state index contributed by atoms with van der Waals surface area (Å²) in [5.41, 5.74) is 9.31. The summed E-state index contributed by atoms with van der Waals surface area (Å²) in [5.74, 6) is 2.25. The van der Waals surface area contributed by atoms with Crippen LogP contribution < -0.4 is 26.6 Å². The maximum Gasteiger partial charge on any atom is 0.410 e. The highest BCUT2D eigenvalue weighted by molar-refractivity contribution is 9.09. The van der Waals surface area contributed by atoms with Gasteiger partial charge in [-0.15, -0.1) is 0 Å². The molecule has 0 radical (unpaired) electrons. The molecule has 12 aromatic rings. The van der Waals surface area contributed by atoms with Gasteiger partial charge in [0.25, 0.3) is 0 Å². The van der Waals surface area contributed by atoms with Crippen LogP contribution in [-0.4, -0.2) is 229 Å². The number of anilines is 8. The fourth-order valence-corrected chi connectivity index (χ4v) is 14.5. The van der Waals surface area contributed by atoms with Crippen molar-refractivity contribution in [2.24, 2.45) is 28.2 Å². The molecule has 628 valence electrons. The van der Waals surface area contributed by atoms with Crippen LogP contribution >= 0.6 is 26.6 Å². The Labute approximate surface area is 696 Å². The highest BCUT2D eigenvalue weighted by Gasteiger charge is 2.35. The first kappa shape index (κ1) is 87.2. The number of amides is 2. The van der Waals surface area contributed by atoms with Crippen LogP contribution in [0.5, 0.6) is 0 Å². The highest BCUT2D eigenvalue weighted by Crippen LogP contribution is 2.36. The van der Waals surface area contributed by atoms with E-state index in [1.165, 1.54) is 6.92 Å². The van der Waals surface area contributed by atoms with Crippen molar-refractivity contribution in [2.45, 2.75) is 133 Å². The average Bonchev–Trinajstić information content (AvgIpc) is 1.59. The first-order chi connectivity index (χ1) is 56.2. The second kappa shape index (κ2) is 39.5. The number of rotatable bonds is 18. The van der Waals surface area contributed by atoms with Gasteiger partial charge in [0.15, 0.2) is 9.84 Å². The number of ether oxygens (including phenoxy) is 2. The maximum atomic E-state index is 12.3. The van der Waals surface area contributed by atoms with E-state index >= 15 is 0 Å². The third-order valence-electron chi connectivity index (χ3n) is 18.3. The fraction of sp³-hybridized carbons (Fsp3) is 0.440. The Morgan fingerprint density at radius 1 is 0.492 bits per heavy atom. The van der Waals surface area contributed by atoms with Crippen molar-refractivity contribution in [3.63, 3.8) is 0 Å². The van der Waals surface area contributed by atoms with Crippen molar-refractivity contribution in [1.29, 1.82) is 0 Å². The summed E-state index contributed by atoms with van der Waals surface area (Å²) in [7, 11) is 5.92. The molecule has 3 saturated heterocycles. The number of aryl methyl sites for hydroxylation is 4. The van der Waals surface area contributed by atoms with E-state index < -0.39 is 24.5 Å². The number of H-pyrrole nitrogens is 1. The number of nitrogens with one attached hydrogen (secondary N) is 6. The van der Waals surface area contributed by atoms with Gasteiger partial charge < -0.3 is 45.9 Å². The lowest BCUT2D eigenvalue weighted by Crippen LogP contribution is -2.35. The number of carbonyl (C=O) groups is 2. The Morgan fingerprint density at radius 2 is 0.881 bits per heavy atom. The molecule has 5 atom stereocenters. The topological polar surface area (TPSA) is 444 Å². The van der Waals surface area contributed by atoms with E-state index in [1.807, 2.05) is 158 Å². The van der Waals surface area contributed by atoms with Crippen molar-refractivity contribution in [1.82, 2.24) is 134 Å². The number of halogens is 2. The zero-order valence-electron chi connectivity index (χ0n) is 67.7. The SMILES string of the molecule is CC(C)(C)OC(=O)N1CCC(Br)C1.CCS(=O)(=O)C1CCC(n2cc(-c3ccnc(Nc4cnn(C)c4)n3)cn2)C1.CCS(=O)(=O)Cl.Cn1cc(Nc2nccc(-c3cn[nH]c3)n2)cn1.Cn1cc(Nc2nccc(-c3cnn(C4CCN(C(=O)OC(C)(C)C)C4)c3)n2)cn1.Cn1cc(Nc2nccc(-c3cnn(C4CCNC4)c3)n2)cn1. The number of alkyl halides is 1. The standard InChI is InChI=1S/C20H26N8O2.C18H23N7O2S.C15H18N8.C11H11N7.C9H16BrNO2.C2H5ClO2S/c1-20(2,3)30-19(29)27-8-6-16(13-27)28-11-14(9-23-28)17-5-7-21-18(25-17)24-15-10-22-26(4)12-15;1-3-28(26,27)16-5-4-15(8-16)25-11-13(9-21-25)17-6-7-19-18(23-17)22-14-10-20-24(2)12-14;1-22-10-12(7-18-22)20-15-17-5-3-14(21-15)11-6-19-23(9-11)13-2-4-16-8-13;1-18-7-9(6-15-18)16-11-12-3-2-10(17-11)8-4-13-14-5-8;1-9(2,3)13-8(12)11-5-4-7(10)6-11;1-2-6(3,4)5/h5,7,9-12,16H,6,8,13H2,1-4H3,(H,21,24,25);6-7,9-12,15-16H,3-5,8H2,1-2H3,(H,19,22,23);3,5-7,9-10,13,16H,2,4,8H2,1H3,(H,17,20,21);2-7H,1H3,(H,13,14)(H,12,16,17);7H,4-6H2,1-3H3;2H2,1H3. The molecule has 1 saturated carbocycles. The summed E-state index contributed by atoms with van der Waals surface area (Å²) >= 11 is 3.48. The lowest BCUT2D eigenvalue weighted by atomic mass is 10.2. The lowest BCUT2D eigenvalue weighted by Gasteiger charge is -2.24. The molecule has 1 aliphatic carbocycles. The molecule has 16 rings (SSSR count). The summed E-state index contributed by atoms with van der Waals surface area (Å²) in [5, 5.41) is 52.1. The molecule has 43 heteroatoms. The van der Waals surface area contributed by atoms with E-state index in [-0.39, 0.29) is 46.6 Å². The van der Waals surface area contributed by atoms with Crippen LogP contribution in [0.2, 0.25) is 0 Å². The van der Waals surface area contributed by atoms with E-state index in [4.69, 9.17) is 9.47 Å². The summed E-state index contributed by atoms with van der Waals surface area (Å²) in [6.45, 7) is 19.3. The normalized spacial score (nSPS) is 17.1. The Bertz CT molecular complexity index is 5470. The van der Waals surface area contributed by atoms with Gasteiger partial charge in [0.2, 0.25) is 32.8 Å². The van der Waals surface area contributed by atoms with Crippen molar-refractivity contribution >= 4 is 104 Å². The second-order valence-corrected chi connectivity index (χ2v) is 36.9. The Morgan fingerprint density at radius 3 is 1.22 bits per heavy atom. The quantitative estimate of drug-likeness (QED) is 0.0343. The Kier molecular flexibility index (Phi) is 29.2. The van der Waals surface area contributed by atoms with Gasteiger partial charge >= 0.3 is 12.2 Å². The summed E-state index contributed by atoms with van der Waals surface area (Å²) in [6, 6.07) is 8.04. The molecule has 4 fully saturated rings. The summed E-state index contributed by atoms with van der Waals surface area (Å²) < 4.78 is 67.1. The number of hydrogen-bond acceptors (Lipinski definition) is 29. The minimum Gasteiger partial charge on any atom is -0.444 e. The third-order valence-corrected chi connectivity index (χ3v) is 22.7. The first-order valence-electron chi connectivity index (χ1n) is 38.2. The molecule has 4 aliphatic rings. The molecule has 0 aromatic carbocycles. The largest absolute Gasteiger partial charge is 0.444 e. The third kappa shape index (κ3) is 26.2. The monoisotopic (exact) mass is 1740 g/mol. The number of carbonyl (C=O) groups excluding carboxylic acids is 2. The van der Waals surface area contributed by atoms with E-state index in [2.05, 4.69) is 139 Å². The van der Waals surface area contributed by atoms with Crippen LogP contribution in [0.3, 0.4) is 0 Å². The number of nitrogens with zero attached hydrogens (tertiary/aromatic N) is 25. The van der Waals surface area contributed by atoms with Crippen LogP contribution in [0, 0.1) is 0 Å². The van der Waals surface area contributed by atoms with Crippen LogP contribution in [-0.2, 0) is 56.6 Å². The lowest BCUT2D eigenvalue weighted by molar-refractivity contribution is 0.0281. The van der Waals surface area contributed by atoms with Gasteiger partial charge in [0, 0.05) is 179 Å². The van der Waals surface area contributed by atoms with Crippen molar-refractivity contribution in [2.75, 3.05) is 72.0 Å². The van der Waals surface area contributed by atoms with Gasteiger partial charge in [-0.05, 0) is 111 Å². The molecule has 2 amide bonds. The molecule has 0 bridgehead atoms. The van der Waals surface area contributed by atoms with E-state index in [9.17, 15) is 26.4 Å². The minimum absolute atomic E-state index is 0.00849. The molecule has 39 nitrogen and oxygen atoms in total. The fourth-order valence-electron chi connectivity index (χ4n) is 12.4. The van der Waals surface area contributed by atoms with Crippen molar-refractivity contribution in [3.05, 3.63) is 148 Å². The van der Waals surface area contributed by atoms with E-state index in [0.29, 0.717) is 60.6 Å². The number of hydrogen-bond donors (Lipinski definition) is 6. The average molecular weight is 1740 g/mol. The predicted octanol–water partition coefficient (Wildman–Crippen LogP) is 11.0. The Balaban J connectivity index is 0.000000145. The molecule has 5 unspecified atom stereocenters. The van der Waals surface area contributed by atoms with Crippen LogP contribution in [0.15, 0.2) is 148 Å². The van der Waals surface area contributed by atoms with Crippen LogP contribution in [0.4, 0.5) is 56.1 Å². The maximum absolute atomic E-state index is 12.3. The van der Waals surface area contributed by atoms with Gasteiger partial charge in [-0.2, -0.15) is 40.8 Å². The molecule has 118 heavy (non-hydrogen) atoms. The van der Waals surface area contributed by atoms with Gasteiger partial charge in [0.1, 0.15) is 11.2 Å².